The Kier molecular flexibility index (Phi) is 12.4. The van der Waals surface area contributed by atoms with E-state index in [-0.39, 0.29) is 105 Å². The van der Waals surface area contributed by atoms with Gasteiger partial charge in [-0.1, -0.05) is 54.6 Å². The van der Waals surface area contributed by atoms with Crippen molar-refractivity contribution >= 4 is 66.4 Å². The Bertz CT molecular complexity index is 4680. The molecule has 4 aromatic carbocycles. The second-order valence-electron chi connectivity index (χ2n) is 22.7. The topological polar surface area (TPSA) is 212 Å². The van der Waals surface area contributed by atoms with Gasteiger partial charge in [-0.05, 0) is 118 Å². The highest BCUT2D eigenvalue weighted by molar-refractivity contribution is 6.01. The lowest BCUT2D eigenvalue weighted by Crippen LogP contribution is -2.44. The van der Waals surface area contributed by atoms with Crippen LogP contribution in [-0.4, -0.2) is 123 Å². The van der Waals surface area contributed by atoms with E-state index in [0.29, 0.717) is 65.2 Å². The van der Waals surface area contributed by atoms with Crippen LogP contribution in [0.2, 0.25) is 0 Å². The summed E-state index contributed by atoms with van der Waals surface area (Å²) in [6.07, 6.45) is 15.2. The van der Waals surface area contributed by atoms with Crippen LogP contribution in [0.5, 0.6) is 12.0 Å². The molecule has 8 aromatic heterocycles. The number of hydrogen-bond acceptors (Lipinski definition) is 18. The molecule has 0 radical (unpaired) electrons. The molecule has 12 aromatic rings. The van der Waals surface area contributed by atoms with Gasteiger partial charge in [-0.3, -0.25) is 24.2 Å². The van der Waals surface area contributed by atoms with Crippen LogP contribution < -0.4 is 20.1 Å². The number of hydrogen-bond donors (Lipinski definition) is 2. The van der Waals surface area contributed by atoms with Crippen LogP contribution in [0.15, 0.2) is 116 Å². The molecular weight excluding hydrogens is 1100 g/mol. The number of pyridine rings is 2. The van der Waals surface area contributed by atoms with Crippen molar-refractivity contribution in [2.24, 2.45) is 0 Å². The highest BCUT2D eigenvalue weighted by Gasteiger charge is 2.51. The van der Waals surface area contributed by atoms with Crippen LogP contribution in [0.25, 0.3) is 77.3 Å². The molecule has 2 N–H and O–H groups in total. The monoisotopic (exact) mass is 1160 g/mol. The van der Waals surface area contributed by atoms with Crippen molar-refractivity contribution < 1.29 is 27.0 Å². The van der Waals surface area contributed by atoms with Gasteiger partial charge in [0.15, 0.2) is 28.9 Å². The van der Waals surface area contributed by atoms with Gasteiger partial charge in [0.1, 0.15) is 58.9 Å². The van der Waals surface area contributed by atoms with Gasteiger partial charge in [0.05, 0.1) is 34.9 Å². The van der Waals surface area contributed by atoms with Crippen molar-refractivity contribution in [3.63, 3.8) is 0 Å². The minimum absolute atomic E-state index is 0.00622. The summed E-state index contributed by atoms with van der Waals surface area (Å²) in [5.41, 5.74) is 1.07. The van der Waals surface area contributed by atoms with Gasteiger partial charge in [0.25, 0.3) is 5.78 Å². The molecule has 0 spiro atoms. The van der Waals surface area contributed by atoms with Crippen LogP contribution in [0.4, 0.5) is 29.2 Å². The second-order valence-corrected chi connectivity index (χ2v) is 22.7. The molecule has 0 amide bonds. The molecule has 0 bridgehead atoms. The van der Waals surface area contributed by atoms with E-state index in [0.717, 1.165) is 57.2 Å². The van der Waals surface area contributed by atoms with Crippen LogP contribution in [0.1, 0.15) is 74.6 Å². The Morgan fingerprint density at radius 3 is 1.98 bits per heavy atom. The Morgan fingerprint density at radius 2 is 1.22 bits per heavy atom. The molecule has 86 heavy (non-hydrogen) atoms. The van der Waals surface area contributed by atoms with E-state index in [1.54, 1.807) is 88.2 Å². The fourth-order valence-corrected chi connectivity index (χ4v) is 14.0. The average molecular weight is 1160 g/mol. The predicted molar refractivity (Wildman–Crippen MR) is 311 cm³/mol. The maximum atomic E-state index is 17.7. The lowest BCUT2D eigenvalue weighted by atomic mass is 9.92. The van der Waals surface area contributed by atoms with Crippen LogP contribution in [-0.2, 0) is 13.1 Å². The number of fused-ring (bicyclic) bond motifs is 8. The van der Waals surface area contributed by atoms with Gasteiger partial charge < -0.3 is 20.1 Å². The van der Waals surface area contributed by atoms with E-state index in [4.69, 9.17) is 34.4 Å². The Labute approximate surface area is 486 Å². The molecule has 12 heterocycles. The standard InChI is InChI=1S/C62H52F4N18O2/c63-42-14-2-10-35-9-1-12-38(48(35)42)52-50(65)54-40(29-68-52)56(70-31-46-78-80-58-67-23-8-27-82(46)58)75-60(74-54)86-34-62-21-7-28-83(62)44(18-22-62)36-16-17-43(64)49-37(36)11-3-13-39(49)53-51(66)55-41(30-69-53)57(71-32-47-79-77-45-15-4-24-72-84(45)47)76-59(73-55)85-33-61-19-5-25-81(61)26-6-20-61/h1-4,8-17,23-24,27,29-30,44H,5-7,18-22,25-26,28,31-34H2,(H,70,74,75)(H,71,73,76). The summed E-state index contributed by atoms with van der Waals surface area (Å²) in [6, 6.07) is 23.5. The third kappa shape index (κ3) is 8.54. The first-order valence-electron chi connectivity index (χ1n) is 28.9. The average Bonchev–Trinajstić information content (AvgIpc) is 2.46. The molecule has 4 aliphatic heterocycles. The zero-order valence-electron chi connectivity index (χ0n) is 46.1. The largest absolute Gasteiger partial charge is 0.461 e. The molecule has 0 saturated carbocycles. The summed E-state index contributed by atoms with van der Waals surface area (Å²) in [4.78, 5) is 37.4. The molecule has 430 valence electrons. The number of nitrogens with zero attached hydrogens (tertiary/aromatic N) is 16. The van der Waals surface area contributed by atoms with Crippen LogP contribution in [0, 0.1) is 23.3 Å². The third-order valence-corrected chi connectivity index (χ3v) is 18.1. The van der Waals surface area contributed by atoms with Crippen molar-refractivity contribution in [3.05, 3.63) is 156 Å². The van der Waals surface area contributed by atoms with E-state index in [1.165, 1.54) is 24.5 Å². The summed E-state index contributed by atoms with van der Waals surface area (Å²) in [6.45, 7) is 3.49. The fourth-order valence-electron chi connectivity index (χ4n) is 14.0. The number of halogens is 4. The fraction of sp³-hybridized carbons (Fsp3) is 0.290. The maximum Gasteiger partial charge on any atom is 0.319 e. The molecular formula is C62H52F4N18O2. The van der Waals surface area contributed by atoms with Gasteiger partial charge in [-0.2, -0.15) is 29.5 Å². The molecule has 4 saturated heterocycles. The van der Waals surface area contributed by atoms with Gasteiger partial charge in [-0.25, -0.2) is 22.5 Å². The molecule has 16 rings (SSSR count). The summed E-state index contributed by atoms with van der Waals surface area (Å²) in [5.74, 6) is -0.625. The number of nitrogens with one attached hydrogen (secondary N) is 2. The predicted octanol–water partition coefficient (Wildman–Crippen LogP) is 10.4. The Morgan fingerprint density at radius 1 is 0.570 bits per heavy atom. The normalized spacial score (nSPS) is 18.5. The molecule has 20 nitrogen and oxygen atoms in total. The molecule has 24 heteroatoms. The summed E-state index contributed by atoms with van der Waals surface area (Å²) in [5, 5.41) is 30.3. The first kappa shape index (κ1) is 51.9. The van der Waals surface area contributed by atoms with E-state index in [9.17, 15) is 0 Å². The Hall–Kier alpha value is -9.68. The van der Waals surface area contributed by atoms with E-state index in [2.05, 4.69) is 55.9 Å². The molecule has 2 atom stereocenters. The van der Waals surface area contributed by atoms with Crippen molar-refractivity contribution in [1.82, 2.24) is 79.1 Å². The highest BCUT2D eigenvalue weighted by Crippen LogP contribution is 2.51. The van der Waals surface area contributed by atoms with Gasteiger partial charge in [0, 0.05) is 58.9 Å². The van der Waals surface area contributed by atoms with Crippen molar-refractivity contribution in [3.8, 4) is 34.5 Å². The molecule has 2 unspecified atom stereocenters. The van der Waals surface area contributed by atoms with Crippen LogP contribution >= 0.6 is 0 Å². The van der Waals surface area contributed by atoms with E-state index in [1.807, 2.05) is 12.1 Å². The van der Waals surface area contributed by atoms with Crippen molar-refractivity contribution in [2.45, 2.75) is 81.6 Å². The zero-order chi connectivity index (χ0) is 57.7. The number of benzene rings is 4. The highest BCUT2D eigenvalue weighted by atomic mass is 19.1. The minimum atomic E-state index is -0.775. The first-order valence-corrected chi connectivity index (χ1v) is 28.9. The number of rotatable bonds is 15. The quantitative estimate of drug-likeness (QED) is 0.0914. The molecule has 0 aliphatic carbocycles. The number of anilines is 2. The summed E-state index contributed by atoms with van der Waals surface area (Å²) in [7, 11) is 0. The van der Waals surface area contributed by atoms with Crippen LogP contribution in [0.3, 0.4) is 0 Å². The molecule has 4 fully saturated rings. The summed E-state index contributed by atoms with van der Waals surface area (Å²) >= 11 is 0. The molecule has 4 aliphatic rings. The number of aromatic nitrogens is 14. The van der Waals surface area contributed by atoms with E-state index >= 15 is 17.6 Å². The lowest BCUT2D eigenvalue weighted by molar-refractivity contribution is 0.0849. The van der Waals surface area contributed by atoms with E-state index < -0.39 is 28.8 Å². The number of ether oxygens (including phenoxy) is 2. The van der Waals surface area contributed by atoms with Gasteiger partial charge in [-0.15, -0.1) is 20.4 Å². The maximum absolute atomic E-state index is 17.7. The zero-order valence-corrected chi connectivity index (χ0v) is 46.1. The first-order chi connectivity index (χ1) is 42.2. The Balaban J connectivity index is 0.723. The van der Waals surface area contributed by atoms with Gasteiger partial charge in [0.2, 0.25) is 0 Å². The van der Waals surface area contributed by atoms with Gasteiger partial charge >= 0.3 is 12.0 Å². The van der Waals surface area contributed by atoms with Crippen molar-refractivity contribution in [2.75, 3.05) is 43.5 Å². The smallest absolute Gasteiger partial charge is 0.319 e. The minimum Gasteiger partial charge on any atom is -0.461 e. The SMILES string of the molecule is Fc1c(-c2cccc3cccc(F)c23)ncc2c(NCc3nnc4ncccn34)nc(OCC34CCCN3C(c3ccc(F)c5c(-c6ncc7c(NCc8nnc9cccnn89)nc(OCC89CCCN8CCC9)nc7c6F)cccc35)CC4)nc12. The second kappa shape index (κ2) is 20.5. The summed E-state index contributed by atoms with van der Waals surface area (Å²) < 4.78 is 83.6. The lowest BCUT2D eigenvalue weighted by Gasteiger charge is -2.35. The third-order valence-electron chi connectivity index (χ3n) is 18.1. The van der Waals surface area contributed by atoms with Crippen molar-refractivity contribution in [1.29, 1.82) is 0 Å².